The highest BCUT2D eigenvalue weighted by Crippen LogP contribution is 2.21. The molecule has 0 aromatic heterocycles. The van der Waals surface area contributed by atoms with Crippen molar-refractivity contribution in [3.05, 3.63) is 45.6 Å². The molecule has 0 spiro atoms. The van der Waals surface area contributed by atoms with E-state index in [2.05, 4.69) is 0 Å². The summed E-state index contributed by atoms with van der Waals surface area (Å²) in [4.78, 5) is 9.76. The van der Waals surface area contributed by atoms with E-state index in [1.54, 1.807) is 13.8 Å². The molecule has 0 atom stereocenters. The number of hydrogen-bond acceptors (Lipinski definition) is 2. The van der Waals surface area contributed by atoms with Crippen LogP contribution in [0.5, 0.6) is 0 Å². The van der Waals surface area contributed by atoms with Crippen molar-refractivity contribution >= 4 is 5.69 Å². The van der Waals surface area contributed by atoms with Crippen molar-refractivity contribution in [1.29, 1.82) is 0 Å². The fourth-order valence-corrected chi connectivity index (χ4v) is 0.968. The van der Waals surface area contributed by atoms with E-state index in [1.807, 2.05) is 0 Å². The molecule has 0 saturated heterocycles. The van der Waals surface area contributed by atoms with E-state index in [4.69, 9.17) is 0 Å². The van der Waals surface area contributed by atoms with Crippen molar-refractivity contribution in [3.8, 4) is 0 Å². The molecular formula is C9H9FNO2. The lowest BCUT2D eigenvalue weighted by Crippen LogP contribution is -1.94. The highest BCUT2D eigenvalue weighted by molar-refractivity contribution is 5.40. The number of rotatable bonds is 2. The van der Waals surface area contributed by atoms with Gasteiger partial charge < -0.3 is 0 Å². The Kier molecular flexibility index (Phi) is 2.60. The number of non-ortho nitro benzene ring substituents is 1. The van der Waals surface area contributed by atoms with Gasteiger partial charge in [-0.1, -0.05) is 13.8 Å². The lowest BCUT2D eigenvalue weighted by atomic mass is 10.0. The first-order valence-corrected chi connectivity index (χ1v) is 3.76. The van der Waals surface area contributed by atoms with Crippen molar-refractivity contribution in [2.75, 3.05) is 0 Å². The lowest BCUT2D eigenvalue weighted by Gasteiger charge is -2.03. The summed E-state index contributed by atoms with van der Waals surface area (Å²) in [5, 5.41) is 10.4. The summed E-state index contributed by atoms with van der Waals surface area (Å²) in [6.07, 6.45) is 0. The predicted molar refractivity (Wildman–Crippen MR) is 46.7 cm³/mol. The van der Waals surface area contributed by atoms with Crippen LogP contribution in [0.25, 0.3) is 0 Å². The second kappa shape index (κ2) is 3.51. The maximum atomic E-state index is 12.8. The number of nitrogens with zero attached hydrogens (tertiary/aromatic N) is 1. The van der Waals surface area contributed by atoms with E-state index < -0.39 is 10.7 Å². The van der Waals surface area contributed by atoms with E-state index in [0.717, 1.165) is 12.0 Å². The fourth-order valence-electron chi connectivity index (χ4n) is 0.968. The molecule has 0 unspecified atom stereocenters. The van der Waals surface area contributed by atoms with Gasteiger partial charge in [0.1, 0.15) is 5.82 Å². The first kappa shape index (κ1) is 9.64. The Morgan fingerprint density at radius 2 is 2.00 bits per heavy atom. The maximum Gasteiger partial charge on any atom is 0.272 e. The van der Waals surface area contributed by atoms with Crippen LogP contribution in [0.2, 0.25) is 0 Å². The minimum Gasteiger partial charge on any atom is -0.258 e. The minimum atomic E-state index is -0.602. The van der Waals surface area contributed by atoms with E-state index in [9.17, 15) is 14.5 Å². The van der Waals surface area contributed by atoms with E-state index in [0.29, 0.717) is 5.56 Å². The lowest BCUT2D eigenvalue weighted by molar-refractivity contribution is -0.385. The van der Waals surface area contributed by atoms with E-state index in [1.165, 1.54) is 12.1 Å². The van der Waals surface area contributed by atoms with Crippen LogP contribution in [0, 0.1) is 21.8 Å². The Morgan fingerprint density at radius 3 is 2.46 bits per heavy atom. The van der Waals surface area contributed by atoms with Crippen LogP contribution < -0.4 is 0 Å². The molecule has 0 saturated carbocycles. The third-order valence-corrected chi connectivity index (χ3v) is 1.67. The second-order valence-corrected chi connectivity index (χ2v) is 2.96. The van der Waals surface area contributed by atoms with Gasteiger partial charge in [-0.15, -0.1) is 0 Å². The third-order valence-electron chi connectivity index (χ3n) is 1.67. The topological polar surface area (TPSA) is 43.1 Å². The molecule has 0 aliphatic heterocycles. The molecule has 0 fully saturated rings. The van der Waals surface area contributed by atoms with Crippen molar-refractivity contribution < 1.29 is 9.31 Å². The molecule has 0 N–H and O–H groups in total. The number of nitro groups is 1. The first-order chi connectivity index (χ1) is 6.00. The molecule has 1 aromatic carbocycles. The molecule has 0 aliphatic rings. The molecule has 0 aliphatic carbocycles. The molecule has 1 rings (SSSR count). The van der Waals surface area contributed by atoms with Crippen LogP contribution in [0.4, 0.5) is 10.1 Å². The normalized spacial score (nSPS) is 10.5. The van der Waals surface area contributed by atoms with E-state index in [-0.39, 0.29) is 5.69 Å². The quantitative estimate of drug-likeness (QED) is 0.521. The molecule has 69 valence electrons. The summed E-state index contributed by atoms with van der Waals surface area (Å²) in [6, 6.07) is 3.55. The van der Waals surface area contributed by atoms with Crippen molar-refractivity contribution in [1.82, 2.24) is 0 Å². The Labute approximate surface area is 75.3 Å². The maximum absolute atomic E-state index is 12.8. The SMILES string of the molecule is C[C](C)c1cc(F)cc([N+](=O)[O-])c1. The van der Waals surface area contributed by atoms with Crippen LogP contribution in [-0.4, -0.2) is 4.92 Å². The first-order valence-electron chi connectivity index (χ1n) is 3.76. The van der Waals surface area contributed by atoms with Crippen LogP contribution in [-0.2, 0) is 0 Å². The summed E-state index contributed by atoms with van der Waals surface area (Å²) in [6.45, 7) is 3.55. The summed E-state index contributed by atoms with van der Waals surface area (Å²) in [7, 11) is 0. The van der Waals surface area contributed by atoms with Gasteiger partial charge in [-0.2, -0.15) is 0 Å². The average Bonchev–Trinajstić information content (AvgIpc) is 2.03. The molecule has 0 heterocycles. The van der Waals surface area contributed by atoms with Crippen molar-refractivity contribution in [2.24, 2.45) is 0 Å². The summed E-state index contributed by atoms with van der Waals surface area (Å²) >= 11 is 0. The number of halogens is 1. The molecule has 3 nitrogen and oxygen atoms in total. The van der Waals surface area contributed by atoms with Crippen molar-refractivity contribution in [2.45, 2.75) is 13.8 Å². The smallest absolute Gasteiger partial charge is 0.258 e. The van der Waals surface area contributed by atoms with E-state index >= 15 is 0 Å². The average molecular weight is 182 g/mol. The van der Waals surface area contributed by atoms with Gasteiger partial charge in [-0.05, 0) is 17.5 Å². The predicted octanol–water partition coefficient (Wildman–Crippen LogP) is 2.70. The Balaban J connectivity index is 3.19. The standard InChI is InChI=1S/C9H9FNO2/c1-6(2)7-3-8(10)5-9(4-7)11(12)13/h3-5H,1-2H3. The number of nitro benzene ring substituents is 1. The molecule has 4 heteroatoms. The highest BCUT2D eigenvalue weighted by atomic mass is 19.1. The molecule has 1 aromatic rings. The summed E-state index contributed by atoms with van der Waals surface area (Å²) in [5.41, 5.74) is 0.350. The summed E-state index contributed by atoms with van der Waals surface area (Å²) in [5.74, 6) is 0.271. The van der Waals surface area contributed by atoms with Crippen LogP contribution in [0.3, 0.4) is 0 Å². The van der Waals surface area contributed by atoms with Gasteiger partial charge >= 0.3 is 0 Å². The Morgan fingerprint density at radius 1 is 1.38 bits per heavy atom. The van der Waals surface area contributed by atoms with Crippen LogP contribution in [0.1, 0.15) is 19.4 Å². The van der Waals surface area contributed by atoms with Crippen LogP contribution >= 0.6 is 0 Å². The zero-order chi connectivity index (χ0) is 10.0. The molecular weight excluding hydrogens is 173 g/mol. The van der Waals surface area contributed by atoms with Gasteiger partial charge in [0.25, 0.3) is 5.69 Å². The Bertz CT molecular complexity index is 336. The monoisotopic (exact) mass is 182 g/mol. The molecule has 13 heavy (non-hydrogen) atoms. The van der Waals surface area contributed by atoms with Gasteiger partial charge in [0.2, 0.25) is 0 Å². The number of hydrogen-bond donors (Lipinski definition) is 0. The molecule has 0 amide bonds. The Hall–Kier alpha value is -1.45. The largest absolute Gasteiger partial charge is 0.272 e. The zero-order valence-electron chi connectivity index (χ0n) is 7.37. The molecule has 0 bridgehead atoms. The van der Waals surface area contributed by atoms with Crippen molar-refractivity contribution in [3.63, 3.8) is 0 Å². The summed E-state index contributed by atoms with van der Waals surface area (Å²) < 4.78 is 12.8. The van der Waals surface area contributed by atoms with Gasteiger partial charge in [0, 0.05) is 6.07 Å². The highest BCUT2D eigenvalue weighted by Gasteiger charge is 2.11. The molecule has 1 radical (unpaired) electrons. The second-order valence-electron chi connectivity index (χ2n) is 2.96. The van der Waals surface area contributed by atoms with Crippen LogP contribution in [0.15, 0.2) is 18.2 Å². The van der Waals surface area contributed by atoms with Gasteiger partial charge in [0.05, 0.1) is 11.0 Å². The van der Waals surface area contributed by atoms with Gasteiger partial charge in [0.15, 0.2) is 0 Å². The minimum absolute atomic E-state index is 0.212. The van der Waals surface area contributed by atoms with Gasteiger partial charge in [-0.3, -0.25) is 10.1 Å². The number of benzene rings is 1. The van der Waals surface area contributed by atoms with Gasteiger partial charge in [-0.25, -0.2) is 4.39 Å². The fraction of sp³-hybridized carbons (Fsp3) is 0.222. The third kappa shape index (κ3) is 2.24. The zero-order valence-corrected chi connectivity index (χ0v) is 7.37.